The van der Waals surface area contributed by atoms with Gasteiger partial charge in [0.05, 0.1) is 0 Å². The molecule has 5 nitrogen and oxygen atoms in total. The van der Waals surface area contributed by atoms with Gasteiger partial charge in [-0.3, -0.25) is 4.79 Å². The molecule has 5 heteroatoms. The van der Waals surface area contributed by atoms with Crippen LogP contribution >= 0.6 is 0 Å². The number of nitriles is 1. The molecule has 0 bridgehead atoms. The van der Waals surface area contributed by atoms with Crippen LogP contribution < -0.4 is 5.32 Å². The number of pyridine rings is 1. The van der Waals surface area contributed by atoms with Gasteiger partial charge in [0.2, 0.25) is 0 Å². The van der Waals surface area contributed by atoms with Gasteiger partial charge in [0.1, 0.15) is 11.8 Å². The minimum atomic E-state index is -0.756. The highest BCUT2D eigenvalue weighted by Gasteiger charge is 2.18. The number of nitrogens with one attached hydrogen (secondary N) is 1. The highest BCUT2D eigenvalue weighted by molar-refractivity contribution is 5.66. The van der Waals surface area contributed by atoms with E-state index < -0.39 is 5.97 Å². The van der Waals surface area contributed by atoms with E-state index >= 15 is 0 Å². The molecule has 0 aliphatic carbocycles. The molecule has 1 aromatic heterocycles. The molecule has 0 aliphatic heterocycles. The van der Waals surface area contributed by atoms with Crippen LogP contribution in [0.4, 0.5) is 5.69 Å². The van der Waals surface area contributed by atoms with E-state index in [-0.39, 0.29) is 11.8 Å². The van der Waals surface area contributed by atoms with Gasteiger partial charge in [0, 0.05) is 24.8 Å². The molecular formula is C14H19N3O2. The minimum absolute atomic E-state index is 0.0174. The van der Waals surface area contributed by atoms with Gasteiger partial charge in [-0.25, -0.2) is 4.98 Å². The molecule has 0 amide bonds. The van der Waals surface area contributed by atoms with Crippen LogP contribution in [0.2, 0.25) is 0 Å². The first kappa shape index (κ1) is 15.0. The van der Waals surface area contributed by atoms with Gasteiger partial charge in [0.15, 0.2) is 0 Å². The van der Waals surface area contributed by atoms with Crippen molar-refractivity contribution in [3.8, 4) is 6.07 Å². The lowest BCUT2D eigenvalue weighted by molar-refractivity contribution is -0.137. The predicted molar refractivity (Wildman–Crippen MR) is 72.7 cm³/mol. The summed E-state index contributed by atoms with van der Waals surface area (Å²) in [6.07, 6.45) is 3.31. The Kier molecular flexibility index (Phi) is 5.31. The molecule has 0 unspecified atom stereocenters. The highest BCUT2D eigenvalue weighted by Crippen LogP contribution is 2.26. The Hall–Kier alpha value is -2.09. The highest BCUT2D eigenvalue weighted by atomic mass is 16.4. The van der Waals surface area contributed by atoms with Crippen LogP contribution in [0.3, 0.4) is 0 Å². The summed E-state index contributed by atoms with van der Waals surface area (Å²) in [7, 11) is 0. The lowest BCUT2D eigenvalue weighted by Gasteiger charge is -2.24. The van der Waals surface area contributed by atoms with Crippen LogP contribution in [0.1, 0.15) is 38.8 Å². The van der Waals surface area contributed by atoms with E-state index in [9.17, 15) is 4.79 Å². The number of nitrogens with zero attached hydrogens (tertiary/aromatic N) is 2. The summed E-state index contributed by atoms with van der Waals surface area (Å²) in [4.78, 5) is 14.5. The number of aromatic nitrogens is 1. The zero-order valence-electron chi connectivity index (χ0n) is 11.3. The number of hydrogen-bond acceptors (Lipinski definition) is 4. The third kappa shape index (κ3) is 5.87. The van der Waals surface area contributed by atoms with Crippen molar-refractivity contribution in [1.29, 1.82) is 5.26 Å². The molecule has 0 atom stereocenters. The van der Waals surface area contributed by atoms with Crippen molar-refractivity contribution in [2.45, 2.75) is 33.1 Å². The van der Waals surface area contributed by atoms with Gasteiger partial charge in [0.25, 0.3) is 0 Å². The average molecular weight is 261 g/mol. The molecule has 1 heterocycles. The molecule has 1 rings (SSSR count). The SMILES string of the molecule is CC(C)(CCNc1ccnc(C#N)c1)CCC(=O)O. The van der Waals surface area contributed by atoms with Crippen molar-refractivity contribution in [2.24, 2.45) is 5.41 Å². The lowest BCUT2D eigenvalue weighted by atomic mass is 9.84. The van der Waals surface area contributed by atoms with E-state index in [2.05, 4.69) is 24.1 Å². The van der Waals surface area contributed by atoms with Gasteiger partial charge in [-0.2, -0.15) is 5.26 Å². The third-order valence-corrected chi connectivity index (χ3v) is 3.02. The molecule has 0 saturated carbocycles. The molecule has 1 aromatic rings. The maximum Gasteiger partial charge on any atom is 0.303 e. The summed E-state index contributed by atoms with van der Waals surface area (Å²) >= 11 is 0. The smallest absolute Gasteiger partial charge is 0.303 e. The lowest BCUT2D eigenvalue weighted by Crippen LogP contribution is -2.18. The van der Waals surface area contributed by atoms with Crippen molar-refractivity contribution in [1.82, 2.24) is 4.98 Å². The fraction of sp³-hybridized carbons (Fsp3) is 0.500. The van der Waals surface area contributed by atoms with Crippen molar-refractivity contribution in [3.05, 3.63) is 24.0 Å². The molecule has 102 valence electrons. The number of carbonyl (C=O) groups is 1. The molecular weight excluding hydrogens is 242 g/mol. The molecule has 0 aliphatic rings. The number of anilines is 1. The first-order valence-corrected chi connectivity index (χ1v) is 6.25. The normalized spacial score (nSPS) is 10.8. The standard InChI is InChI=1S/C14H19N3O2/c1-14(2,5-3-13(18)19)6-8-17-11-4-7-16-12(9-11)10-15/h4,7,9H,3,5-6,8H2,1-2H3,(H,16,17)(H,18,19). The maximum absolute atomic E-state index is 10.6. The monoisotopic (exact) mass is 261 g/mol. The average Bonchev–Trinajstić information content (AvgIpc) is 2.37. The van der Waals surface area contributed by atoms with Crippen LogP contribution in [0.25, 0.3) is 0 Å². The van der Waals surface area contributed by atoms with Crippen LogP contribution in [0.5, 0.6) is 0 Å². The Morgan fingerprint density at radius 1 is 1.53 bits per heavy atom. The maximum atomic E-state index is 10.6. The van der Waals surface area contributed by atoms with Gasteiger partial charge in [-0.15, -0.1) is 0 Å². The number of carboxylic acids is 1. The Bertz CT molecular complexity index is 478. The Morgan fingerprint density at radius 2 is 2.26 bits per heavy atom. The Labute approximate surface area is 113 Å². The summed E-state index contributed by atoms with van der Waals surface area (Å²) in [5.41, 5.74) is 1.23. The third-order valence-electron chi connectivity index (χ3n) is 3.02. The zero-order valence-corrected chi connectivity index (χ0v) is 11.3. The largest absolute Gasteiger partial charge is 0.481 e. The number of aliphatic carboxylic acids is 1. The number of hydrogen-bond donors (Lipinski definition) is 2. The van der Waals surface area contributed by atoms with E-state index in [0.29, 0.717) is 12.1 Å². The van der Waals surface area contributed by atoms with Gasteiger partial charge in [-0.05, 0) is 30.4 Å². The first-order chi connectivity index (χ1) is 8.93. The second-order valence-electron chi connectivity index (χ2n) is 5.28. The molecule has 2 N–H and O–H groups in total. The predicted octanol–water partition coefficient (Wildman–Crippen LogP) is 2.65. The molecule has 0 saturated heterocycles. The number of rotatable bonds is 7. The summed E-state index contributed by atoms with van der Waals surface area (Å²) in [5, 5.41) is 20.7. The van der Waals surface area contributed by atoms with Crippen LogP contribution in [-0.4, -0.2) is 22.6 Å². The molecule has 0 fully saturated rings. The van der Waals surface area contributed by atoms with Crippen molar-refractivity contribution in [2.75, 3.05) is 11.9 Å². The summed E-state index contributed by atoms with van der Waals surface area (Å²) in [6, 6.07) is 5.50. The molecule has 0 radical (unpaired) electrons. The Morgan fingerprint density at radius 3 is 2.89 bits per heavy atom. The minimum Gasteiger partial charge on any atom is -0.481 e. The first-order valence-electron chi connectivity index (χ1n) is 6.25. The van der Waals surface area contributed by atoms with E-state index in [1.54, 1.807) is 12.3 Å². The van der Waals surface area contributed by atoms with Crippen molar-refractivity contribution < 1.29 is 9.90 Å². The van der Waals surface area contributed by atoms with Crippen LogP contribution in [-0.2, 0) is 4.79 Å². The summed E-state index contributed by atoms with van der Waals surface area (Å²) < 4.78 is 0. The molecule has 0 aromatic carbocycles. The topological polar surface area (TPSA) is 86.0 Å². The van der Waals surface area contributed by atoms with Crippen LogP contribution in [0.15, 0.2) is 18.3 Å². The Balaban J connectivity index is 2.40. The van der Waals surface area contributed by atoms with E-state index in [1.165, 1.54) is 0 Å². The molecule has 0 spiro atoms. The van der Waals surface area contributed by atoms with Crippen molar-refractivity contribution in [3.63, 3.8) is 0 Å². The van der Waals surface area contributed by atoms with Gasteiger partial charge < -0.3 is 10.4 Å². The molecule has 19 heavy (non-hydrogen) atoms. The van der Waals surface area contributed by atoms with E-state index in [0.717, 1.165) is 18.7 Å². The summed E-state index contributed by atoms with van der Waals surface area (Å²) in [5.74, 6) is -0.756. The van der Waals surface area contributed by atoms with E-state index in [1.807, 2.05) is 12.1 Å². The second kappa shape index (κ2) is 6.74. The quantitative estimate of drug-likeness (QED) is 0.788. The van der Waals surface area contributed by atoms with Gasteiger partial charge >= 0.3 is 5.97 Å². The number of carboxylic acid groups (broad SMARTS) is 1. The fourth-order valence-corrected chi connectivity index (χ4v) is 1.72. The van der Waals surface area contributed by atoms with E-state index in [4.69, 9.17) is 10.4 Å². The second-order valence-corrected chi connectivity index (χ2v) is 5.28. The fourth-order valence-electron chi connectivity index (χ4n) is 1.72. The van der Waals surface area contributed by atoms with Gasteiger partial charge in [-0.1, -0.05) is 13.8 Å². The zero-order chi connectivity index (χ0) is 14.3. The van der Waals surface area contributed by atoms with Crippen LogP contribution in [0, 0.1) is 16.7 Å². The summed E-state index contributed by atoms with van der Waals surface area (Å²) in [6.45, 7) is 4.86. The van der Waals surface area contributed by atoms with Crippen molar-refractivity contribution >= 4 is 11.7 Å².